The fourth-order valence-corrected chi connectivity index (χ4v) is 7.44. The monoisotopic (exact) mass is 561 g/mol. The summed E-state index contributed by atoms with van der Waals surface area (Å²) in [5.74, 6) is 0.817. The molecule has 11 heteroatoms. The summed E-state index contributed by atoms with van der Waals surface area (Å²) in [6.45, 7) is 4.01. The first-order valence-electron chi connectivity index (χ1n) is 11.1. The molecule has 2 aliphatic heterocycles. The fourth-order valence-electron chi connectivity index (χ4n) is 4.07. The molecule has 36 heavy (non-hydrogen) atoms. The van der Waals surface area contributed by atoms with Crippen molar-refractivity contribution in [2.45, 2.75) is 17.9 Å². The maximum atomic E-state index is 13.8. The van der Waals surface area contributed by atoms with Gasteiger partial charge in [-0.05, 0) is 61.3 Å². The maximum Gasteiger partial charge on any atom is 0.253 e. The van der Waals surface area contributed by atoms with E-state index in [1.807, 2.05) is 11.8 Å². The van der Waals surface area contributed by atoms with Gasteiger partial charge >= 0.3 is 0 Å². The molecule has 1 aromatic heterocycles. The van der Waals surface area contributed by atoms with Crippen LogP contribution in [0, 0.1) is 18.3 Å². The van der Waals surface area contributed by atoms with Gasteiger partial charge < -0.3 is 14.1 Å². The number of nitrogens with zero attached hydrogens (tertiary/aromatic N) is 3. The van der Waals surface area contributed by atoms with Crippen LogP contribution in [0.25, 0.3) is 11.3 Å². The topological polar surface area (TPSA) is 86.8 Å². The third-order valence-electron chi connectivity index (χ3n) is 5.97. The lowest BCUT2D eigenvalue weighted by molar-refractivity contribution is 0.0574. The van der Waals surface area contributed by atoms with E-state index < -0.39 is 16.1 Å². The lowest BCUT2D eigenvalue weighted by Gasteiger charge is -2.29. The molecule has 0 radical (unpaired) electrons. The number of ether oxygens (including phenoxy) is 1. The molecule has 186 valence electrons. The second-order valence-electron chi connectivity index (χ2n) is 8.33. The van der Waals surface area contributed by atoms with Gasteiger partial charge in [0, 0.05) is 18.7 Å². The molecule has 0 spiro atoms. The minimum atomic E-state index is -3.99. The summed E-state index contributed by atoms with van der Waals surface area (Å²) in [5.41, 5.74) is 1.94. The largest absolute Gasteiger partial charge is 0.459 e. The molecule has 1 atom stereocenters. The van der Waals surface area contributed by atoms with Crippen LogP contribution in [0.5, 0.6) is 0 Å². The van der Waals surface area contributed by atoms with Crippen LogP contribution in [0.2, 0.25) is 10.0 Å². The smallest absolute Gasteiger partial charge is 0.253 e. The zero-order valence-electron chi connectivity index (χ0n) is 19.1. The Hall–Kier alpha value is -2.45. The molecule has 1 unspecified atom stereocenters. The first kappa shape index (κ1) is 25.2. The zero-order chi connectivity index (χ0) is 25.4. The molecule has 3 heterocycles. The fraction of sp³-hybridized carbons (Fsp3) is 0.240. The Balaban J connectivity index is 1.60. The van der Waals surface area contributed by atoms with Crippen LogP contribution in [-0.4, -0.2) is 43.3 Å². The maximum absolute atomic E-state index is 13.8. The minimum Gasteiger partial charge on any atom is -0.459 e. The van der Waals surface area contributed by atoms with Gasteiger partial charge in [0.2, 0.25) is 0 Å². The summed E-state index contributed by atoms with van der Waals surface area (Å²) in [7, 11) is -3.99. The summed E-state index contributed by atoms with van der Waals surface area (Å²) >= 11 is 13.3. The Morgan fingerprint density at radius 2 is 1.75 bits per heavy atom. The molecule has 0 saturated carbocycles. The summed E-state index contributed by atoms with van der Waals surface area (Å²) in [6.07, 6.45) is 0. The second-order valence-corrected chi connectivity index (χ2v) is 12.2. The lowest BCUT2D eigenvalue weighted by atomic mass is 10.1. The lowest BCUT2D eigenvalue weighted by Crippen LogP contribution is -2.35. The van der Waals surface area contributed by atoms with Crippen LogP contribution in [-0.2, 0) is 14.8 Å². The molecule has 0 bridgehead atoms. The van der Waals surface area contributed by atoms with Crippen molar-refractivity contribution < 1.29 is 17.6 Å². The molecule has 0 N–H and O–H groups in total. The second kappa shape index (κ2) is 10.1. The third-order valence-corrected chi connectivity index (χ3v) is 10.1. The number of rotatable bonds is 5. The van der Waals surface area contributed by atoms with Crippen molar-refractivity contribution in [2.24, 2.45) is 0 Å². The van der Waals surface area contributed by atoms with E-state index in [0.29, 0.717) is 64.0 Å². The average molecular weight is 563 g/mol. The molecule has 7 nitrogen and oxygen atoms in total. The number of benzene rings is 2. The molecule has 0 aliphatic carbocycles. The van der Waals surface area contributed by atoms with Gasteiger partial charge in [-0.3, -0.25) is 0 Å². The molecule has 1 fully saturated rings. The van der Waals surface area contributed by atoms with Gasteiger partial charge in [0.15, 0.2) is 0 Å². The summed E-state index contributed by atoms with van der Waals surface area (Å²) in [6, 6.07) is 16.5. The number of hydrogen-bond donors (Lipinski definition) is 0. The number of furan rings is 1. The van der Waals surface area contributed by atoms with Crippen molar-refractivity contribution in [3.8, 4) is 17.4 Å². The van der Waals surface area contributed by atoms with Crippen molar-refractivity contribution in [3.05, 3.63) is 86.6 Å². The van der Waals surface area contributed by atoms with Gasteiger partial charge in [-0.2, -0.15) is 5.26 Å². The highest BCUT2D eigenvalue weighted by Gasteiger charge is 2.46. The van der Waals surface area contributed by atoms with Gasteiger partial charge in [0.05, 0.1) is 39.8 Å². The standard InChI is InChI=1S/C25H21Cl2N3O4S2/c1-16-2-5-18(6-3-16)36(31,32)30-24(19(15-28)25(35-30)29-10-12-33-13-11-29)23-9-8-22(34-23)17-4-7-20(26)21(27)14-17/h2-9,14,24H,10-13H2,1H3. The van der Waals surface area contributed by atoms with Crippen LogP contribution >= 0.6 is 35.1 Å². The first-order valence-corrected chi connectivity index (χ1v) is 14.1. The summed E-state index contributed by atoms with van der Waals surface area (Å²) in [4.78, 5) is 2.13. The van der Waals surface area contributed by atoms with E-state index in [-0.39, 0.29) is 4.90 Å². The molecule has 0 amide bonds. The van der Waals surface area contributed by atoms with E-state index in [1.54, 1.807) is 54.6 Å². The molecule has 3 aromatic rings. The van der Waals surface area contributed by atoms with Crippen LogP contribution in [0.4, 0.5) is 0 Å². The van der Waals surface area contributed by atoms with E-state index in [4.69, 9.17) is 32.4 Å². The van der Waals surface area contributed by atoms with Crippen molar-refractivity contribution >= 4 is 45.2 Å². The Morgan fingerprint density at radius 1 is 1.03 bits per heavy atom. The number of halogens is 2. The van der Waals surface area contributed by atoms with E-state index in [0.717, 1.165) is 17.5 Å². The number of nitriles is 1. The molecule has 5 rings (SSSR count). The van der Waals surface area contributed by atoms with Gasteiger partial charge in [-0.1, -0.05) is 40.9 Å². The summed E-state index contributed by atoms with van der Waals surface area (Å²) in [5, 5.41) is 11.6. The average Bonchev–Trinajstić information content (AvgIpc) is 3.52. The van der Waals surface area contributed by atoms with E-state index >= 15 is 0 Å². The van der Waals surface area contributed by atoms with E-state index in [2.05, 4.69) is 6.07 Å². The minimum absolute atomic E-state index is 0.141. The van der Waals surface area contributed by atoms with Crippen LogP contribution < -0.4 is 0 Å². The molecular formula is C25H21Cl2N3O4S2. The van der Waals surface area contributed by atoms with Crippen molar-refractivity contribution in [3.63, 3.8) is 0 Å². The highest BCUT2D eigenvalue weighted by Crippen LogP contribution is 2.51. The van der Waals surface area contributed by atoms with Crippen molar-refractivity contribution in [1.29, 1.82) is 5.26 Å². The van der Waals surface area contributed by atoms with E-state index in [1.165, 1.54) is 3.71 Å². The Bertz CT molecular complexity index is 1470. The highest BCUT2D eigenvalue weighted by molar-refractivity contribution is 8.11. The summed E-state index contributed by atoms with van der Waals surface area (Å²) < 4.78 is 40.5. The number of sulfonamides is 1. The Kier molecular flexibility index (Phi) is 7.10. The predicted octanol–water partition coefficient (Wildman–Crippen LogP) is 6.02. The Morgan fingerprint density at radius 3 is 2.42 bits per heavy atom. The number of hydrogen-bond acceptors (Lipinski definition) is 7. The van der Waals surface area contributed by atoms with Crippen LogP contribution in [0.15, 0.2) is 74.5 Å². The number of aryl methyl sites for hydroxylation is 1. The third kappa shape index (κ3) is 4.65. The molecule has 2 aromatic carbocycles. The van der Waals surface area contributed by atoms with Crippen LogP contribution in [0.3, 0.4) is 0 Å². The quantitative estimate of drug-likeness (QED) is 0.352. The zero-order valence-corrected chi connectivity index (χ0v) is 22.3. The molecule has 2 aliphatic rings. The first-order chi connectivity index (χ1) is 17.3. The van der Waals surface area contributed by atoms with Crippen molar-refractivity contribution in [2.75, 3.05) is 26.3 Å². The number of morpholine rings is 1. The predicted molar refractivity (Wildman–Crippen MR) is 140 cm³/mol. The SMILES string of the molecule is Cc1ccc(S(=O)(=O)N2SC(N3CCOCC3)=C(C#N)C2c2ccc(-c3ccc(Cl)c(Cl)c3)o2)cc1. The van der Waals surface area contributed by atoms with Gasteiger partial charge in [-0.25, -0.2) is 8.42 Å². The highest BCUT2D eigenvalue weighted by atomic mass is 35.5. The van der Waals surface area contributed by atoms with Crippen LogP contribution in [0.1, 0.15) is 17.4 Å². The molecular weight excluding hydrogens is 541 g/mol. The van der Waals surface area contributed by atoms with Gasteiger partial charge in [-0.15, -0.1) is 3.71 Å². The molecule has 1 saturated heterocycles. The van der Waals surface area contributed by atoms with E-state index in [9.17, 15) is 13.7 Å². The Labute approximate surface area is 224 Å². The van der Waals surface area contributed by atoms with Gasteiger partial charge in [0.1, 0.15) is 22.6 Å². The van der Waals surface area contributed by atoms with Gasteiger partial charge in [0.25, 0.3) is 10.0 Å². The van der Waals surface area contributed by atoms with Crippen molar-refractivity contribution in [1.82, 2.24) is 8.61 Å². The normalized spacial score (nSPS) is 19.1.